The highest BCUT2D eigenvalue weighted by Gasteiger charge is 2.17. The first kappa shape index (κ1) is 20.4. The molecule has 1 N–H and O–H groups in total. The second-order valence-corrected chi connectivity index (χ2v) is 8.02. The largest absolute Gasteiger partial charge is 0.491 e. The maximum absolute atomic E-state index is 12.6. The first-order valence-corrected chi connectivity index (χ1v) is 10.3. The molecule has 3 rings (SSSR count). The maximum Gasteiger partial charge on any atom is 0.231 e. The smallest absolute Gasteiger partial charge is 0.231 e. The molecule has 2 aromatic carbocycles. The predicted octanol–water partition coefficient (Wildman–Crippen LogP) is 5.19. The average molecular weight is 382 g/mol. The summed E-state index contributed by atoms with van der Waals surface area (Å²) in [4.78, 5) is 12.6. The molecule has 0 spiro atoms. The molecule has 4 heteroatoms. The van der Waals surface area contributed by atoms with E-state index in [0.717, 1.165) is 42.9 Å². The fourth-order valence-corrected chi connectivity index (χ4v) is 3.42. The molecular formula is C24H31NO3. The second kappa shape index (κ2) is 9.74. The van der Waals surface area contributed by atoms with E-state index in [1.807, 2.05) is 31.2 Å². The van der Waals surface area contributed by atoms with E-state index in [1.165, 1.54) is 5.56 Å². The minimum atomic E-state index is -0.205. The van der Waals surface area contributed by atoms with Crippen LogP contribution in [0.1, 0.15) is 50.7 Å². The number of carbonyl (C=O) groups excluding carboxylic acids is 1. The lowest BCUT2D eigenvalue weighted by Gasteiger charge is -2.15. The Balaban J connectivity index is 1.51. The van der Waals surface area contributed by atoms with E-state index >= 15 is 0 Å². The summed E-state index contributed by atoms with van der Waals surface area (Å²) in [6.07, 6.45) is 3.43. The molecule has 2 unspecified atom stereocenters. The predicted molar refractivity (Wildman–Crippen MR) is 113 cm³/mol. The Kier molecular flexibility index (Phi) is 7.10. The Hall–Kier alpha value is -2.33. The zero-order valence-corrected chi connectivity index (χ0v) is 17.1. The third-order valence-corrected chi connectivity index (χ3v) is 5.10. The van der Waals surface area contributed by atoms with Crippen LogP contribution in [0.3, 0.4) is 0 Å². The average Bonchev–Trinajstić information content (AvgIpc) is 3.20. The monoisotopic (exact) mass is 381 g/mol. The molecule has 150 valence electrons. The number of rotatable bonds is 8. The van der Waals surface area contributed by atoms with Gasteiger partial charge in [0.05, 0.1) is 12.0 Å². The van der Waals surface area contributed by atoms with Crippen molar-refractivity contribution in [2.24, 2.45) is 5.92 Å². The molecule has 0 saturated carbocycles. The van der Waals surface area contributed by atoms with Gasteiger partial charge in [-0.1, -0.05) is 38.1 Å². The van der Waals surface area contributed by atoms with E-state index < -0.39 is 0 Å². The first-order chi connectivity index (χ1) is 13.5. The number of amides is 1. The molecule has 4 nitrogen and oxygen atoms in total. The number of carbonyl (C=O) groups is 1. The van der Waals surface area contributed by atoms with Gasteiger partial charge in [-0.05, 0) is 67.5 Å². The maximum atomic E-state index is 12.6. The van der Waals surface area contributed by atoms with Crippen molar-refractivity contribution in [2.45, 2.75) is 52.1 Å². The van der Waals surface area contributed by atoms with E-state index in [2.05, 4.69) is 43.4 Å². The fourth-order valence-electron chi connectivity index (χ4n) is 3.42. The van der Waals surface area contributed by atoms with Crippen molar-refractivity contribution in [3.8, 4) is 5.75 Å². The van der Waals surface area contributed by atoms with Crippen molar-refractivity contribution in [3.05, 3.63) is 59.7 Å². The summed E-state index contributed by atoms with van der Waals surface area (Å²) in [5, 5.41) is 2.99. The summed E-state index contributed by atoms with van der Waals surface area (Å²) in [6.45, 7) is 7.77. The van der Waals surface area contributed by atoms with E-state index in [1.54, 1.807) is 0 Å². The Morgan fingerprint density at radius 1 is 1.11 bits per heavy atom. The Bertz CT molecular complexity index is 746. The third kappa shape index (κ3) is 5.83. The van der Waals surface area contributed by atoms with E-state index in [4.69, 9.17) is 9.47 Å². The van der Waals surface area contributed by atoms with Gasteiger partial charge in [-0.3, -0.25) is 4.79 Å². The number of ether oxygens (including phenoxy) is 2. The molecule has 1 fully saturated rings. The topological polar surface area (TPSA) is 47.6 Å². The third-order valence-electron chi connectivity index (χ3n) is 5.10. The SMILES string of the molecule is CC(C)Cc1ccc(C(C)C(=O)Nc2ccc(OCC3CCCO3)cc2)cc1. The van der Waals surface area contributed by atoms with Crippen LogP contribution in [0, 0.1) is 5.92 Å². The number of hydrogen-bond donors (Lipinski definition) is 1. The number of nitrogens with one attached hydrogen (secondary N) is 1. The van der Waals surface area contributed by atoms with Gasteiger partial charge in [0.25, 0.3) is 0 Å². The summed E-state index contributed by atoms with van der Waals surface area (Å²) in [5.74, 6) is 1.21. The fraction of sp³-hybridized carbons (Fsp3) is 0.458. The van der Waals surface area contributed by atoms with Crippen LogP contribution in [0.2, 0.25) is 0 Å². The minimum Gasteiger partial charge on any atom is -0.491 e. The molecule has 0 bridgehead atoms. The van der Waals surface area contributed by atoms with Crippen molar-refractivity contribution in [3.63, 3.8) is 0 Å². The summed E-state index contributed by atoms with van der Waals surface area (Å²) in [6, 6.07) is 15.9. The van der Waals surface area contributed by atoms with E-state index in [9.17, 15) is 4.79 Å². The molecule has 2 aromatic rings. The highest BCUT2D eigenvalue weighted by Crippen LogP contribution is 2.22. The molecule has 28 heavy (non-hydrogen) atoms. The van der Waals surface area contributed by atoms with Crippen LogP contribution >= 0.6 is 0 Å². The Morgan fingerprint density at radius 3 is 2.43 bits per heavy atom. The number of hydrogen-bond acceptors (Lipinski definition) is 3. The van der Waals surface area contributed by atoms with Crippen LogP contribution in [-0.4, -0.2) is 25.2 Å². The van der Waals surface area contributed by atoms with Gasteiger partial charge in [-0.15, -0.1) is 0 Å². The second-order valence-electron chi connectivity index (χ2n) is 8.02. The van der Waals surface area contributed by atoms with Crippen molar-refractivity contribution < 1.29 is 14.3 Å². The lowest BCUT2D eigenvalue weighted by atomic mass is 9.96. The number of anilines is 1. The summed E-state index contributed by atoms with van der Waals surface area (Å²) in [7, 11) is 0. The van der Waals surface area contributed by atoms with Gasteiger partial charge in [0.15, 0.2) is 0 Å². The van der Waals surface area contributed by atoms with Crippen LogP contribution in [0.5, 0.6) is 5.75 Å². The summed E-state index contributed by atoms with van der Waals surface area (Å²) >= 11 is 0. The van der Waals surface area contributed by atoms with Gasteiger partial charge in [0.2, 0.25) is 5.91 Å². The molecule has 0 aromatic heterocycles. The molecule has 0 radical (unpaired) electrons. The molecule has 1 saturated heterocycles. The van der Waals surface area contributed by atoms with Crippen LogP contribution in [0.25, 0.3) is 0 Å². The van der Waals surface area contributed by atoms with Gasteiger partial charge in [0, 0.05) is 12.3 Å². The first-order valence-electron chi connectivity index (χ1n) is 10.3. The molecule has 1 aliphatic rings. The van der Waals surface area contributed by atoms with Gasteiger partial charge in [-0.2, -0.15) is 0 Å². The Morgan fingerprint density at radius 2 is 1.82 bits per heavy atom. The van der Waals surface area contributed by atoms with Crippen molar-refractivity contribution in [2.75, 3.05) is 18.5 Å². The number of benzene rings is 2. The van der Waals surface area contributed by atoms with Crippen LogP contribution < -0.4 is 10.1 Å². The lowest BCUT2D eigenvalue weighted by molar-refractivity contribution is -0.117. The van der Waals surface area contributed by atoms with Crippen molar-refractivity contribution in [1.29, 1.82) is 0 Å². The zero-order valence-electron chi connectivity index (χ0n) is 17.1. The lowest BCUT2D eigenvalue weighted by Crippen LogP contribution is -2.19. The quantitative estimate of drug-likeness (QED) is 0.685. The van der Waals surface area contributed by atoms with Crippen molar-refractivity contribution >= 4 is 11.6 Å². The molecule has 1 heterocycles. The van der Waals surface area contributed by atoms with Crippen molar-refractivity contribution in [1.82, 2.24) is 0 Å². The highest BCUT2D eigenvalue weighted by atomic mass is 16.5. The standard InChI is InChI=1S/C24H31NO3/c1-17(2)15-19-6-8-20(9-7-19)18(3)24(26)25-21-10-12-22(13-11-21)28-16-23-5-4-14-27-23/h6-13,17-18,23H,4-5,14-16H2,1-3H3,(H,25,26). The molecule has 1 amide bonds. The normalized spacial score (nSPS) is 17.5. The Labute approximate surface area is 168 Å². The van der Waals surface area contributed by atoms with Gasteiger partial charge >= 0.3 is 0 Å². The summed E-state index contributed by atoms with van der Waals surface area (Å²) < 4.78 is 11.3. The highest BCUT2D eigenvalue weighted by molar-refractivity contribution is 5.95. The molecular weight excluding hydrogens is 350 g/mol. The van der Waals surface area contributed by atoms with Gasteiger partial charge in [0.1, 0.15) is 12.4 Å². The molecule has 0 aliphatic carbocycles. The van der Waals surface area contributed by atoms with Crippen LogP contribution in [-0.2, 0) is 16.0 Å². The van der Waals surface area contributed by atoms with Crippen LogP contribution in [0.15, 0.2) is 48.5 Å². The molecule has 2 atom stereocenters. The summed E-state index contributed by atoms with van der Waals surface area (Å²) in [5.41, 5.74) is 3.12. The van der Waals surface area contributed by atoms with Crippen LogP contribution in [0.4, 0.5) is 5.69 Å². The zero-order chi connectivity index (χ0) is 19.9. The van der Waals surface area contributed by atoms with Gasteiger partial charge < -0.3 is 14.8 Å². The van der Waals surface area contributed by atoms with E-state index in [0.29, 0.717) is 12.5 Å². The molecule has 1 aliphatic heterocycles. The van der Waals surface area contributed by atoms with E-state index in [-0.39, 0.29) is 17.9 Å². The van der Waals surface area contributed by atoms with Gasteiger partial charge in [-0.25, -0.2) is 0 Å². The minimum absolute atomic E-state index is 0.00960.